The molecule has 1 N–H and O–H groups in total. The summed E-state index contributed by atoms with van der Waals surface area (Å²) in [6, 6.07) is 0. The van der Waals surface area contributed by atoms with Crippen LogP contribution in [0.1, 0.15) is 60.8 Å². The van der Waals surface area contributed by atoms with Crippen LogP contribution in [-0.4, -0.2) is 11.7 Å². The van der Waals surface area contributed by atoms with Crippen LogP contribution in [0.2, 0.25) is 0 Å². The van der Waals surface area contributed by atoms with Gasteiger partial charge in [0.1, 0.15) is 0 Å². The maximum Gasteiger partial charge on any atom is 0.0609 e. The summed E-state index contributed by atoms with van der Waals surface area (Å²) in [5, 5.41) is 7.76. The Morgan fingerprint density at radius 2 is 1.75 bits per heavy atom. The molecule has 1 fully saturated rings. The van der Waals surface area contributed by atoms with Gasteiger partial charge in [-0.05, 0) is 30.1 Å². The van der Waals surface area contributed by atoms with E-state index in [1.54, 1.807) is 0 Å². The van der Waals surface area contributed by atoms with Gasteiger partial charge >= 0.3 is 0 Å². The van der Waals surface area contributed by atoms with Crippen molar-refractivity contribution < 1.29 is 5.11 Å². The van der Waals surface area contributed by atoms with E-state index in [-0.39, 0.29) is 6.61 Å². The second-order valence-corrected chi connectivity index (χ2v) is 4.88. The summed E-state index contributed by atoms with van der Waals surface area (Å²) in [6.07, 6.45) is 5.72. The van der Waals surface area contributed by atoms with Gasteiger partial charge in [0, 0.05) is 0 Å². The lowest BCUT2D eigenvalue weighted by Crippen LogP contribution is -2.22. The van der Waals surface area contributed by atoms with E-state index in [4.69, 9.17) is 5.11 Å². The number of rotatable bonds is 2. The molecular formula is C15H32O. The molecule has 16 heavy (non-hydrogen) atoms. The molecule has 0 saturated heterocycles. The summed E-state index contributed by atoms with van der Waals surface area (Å²) in [6.45, 7) is 16.9. The van der Waals surface area contributed by atoms with Crippen LogP contribution < -0.4 is 0 Å². The van der Waals surface area contributed by atoms with E-state index >= 15 is 0 Å². The molecule has 1 heteroatoms. The summed E-state index contributed by atoms with van der Waals surface area (Å²) in [5.41, 5.74) is 0.620. The van der Waals surface area contributed by atoms with Gasteiger partial charge in [-0.25, -0.2) is 0 Å². The van der Waals surface area contributed by atoms with Crippen molar-refractivity contribution in [3.8, 4) is 0 Å². The normalized spacial score (nSPS) is 25.9. The third-order valence-electron chi connectivity index (χ3n) is 3.89. The minimum Gasteiger partial charge on any atom is -0.392 e. The molecule has 0 aromatic carbocycles. The van der Waals surface area contributed by atoms with E-state index in [2.05, 4.69) is 34.3 Å². The lowest BCUT2D eigenvalue weighted by molar-refractivity contribution is 0.193. The maximum absolute atomic E-state index is 7.76. The molecule has 0 aromatic heterocycles. The number of hydrogen-bond acceptors (Lipinski definition) is 1. The topological polar surface area (TPSA) is 20.2 Å². The zero-order valence-corrected chi connectivity index (χ0v) is 12.2. The third kappa shape index (κ3) is 5.69. The van der Waals surface area contributed by atoms with E-state index in [0.717, 1.165) is 11.8 Å². The zero-order valence-electron chi connectivity index (χ0n) is 12.2. The van der Waals surface area contributed by atoms with Crippen molar-refractivity contribution in [2.75, 3.05) is 6.61 Å². The number of aliphatic hydroxyl groups is 1. The predicted octanol–water partition coefficient (Wildman–Crippen LogP) is 4.66. The fourth-order valence-electron chi connectivity index (χ4n) is 2.33. The Kier molecular flexibility index (Phi) is 11.2. The van der Waals surface area contributed by atoms with Crippen LogP contribution in [0.4, 0.5) is 0 Å². The molecule has 0 amide bonds. The van der Waals surface area contributed by atoms with Crippen molar-refractivity contribution in [3.05, 3.63) is 12.7 Å². The van der Waals surface area contributed by atoms with Crippen LogP contribution in [-0.2, 0) is 0 Å². The van der Waals surface area contributed by atoms with E-state index in [1.165, 1.54) is 25.3 Å². The van der Waals surface area contributed by atoms with Gasteiger partial charge in [-0.2, -0.15) is 0 Å². The highest BCUT2D eigenvalue weighted by Crippen LogP contribution is 2.48. The molecular weight excluding hydrogens is 196 g/mol. The van der Waals surface area contributed by atoms with E-state index in [9.17, 15) is 0 Å². The van der Waals surface area contributed by atoms with Crippen molar-refractivity contribution in [2.24, 2.45) is 17.3 Å². The monoisotopic (exact) mass is 228 g/mol. The third-order valence-corrected chi connectivity index (χ3v) is 3.89. The second kappa shape index (κ2) is 9.89. The molecule has 98 valence electrons. The SMILES string of the molecule is C=CCO.CC.CCC1CCC(C)C1(C)C. The van der Waals surface area contributed by atoms with Crippen molar-refractivity contribution in [1.82, 2.24) is 0 Å². The summed E-state index contributed by atoms with van der Waals surface area (Å²) in [7, 11) is 0. The fourth-order valence-corrected chi connectivity index (χ4v) is 2.33. The minimum absolute atomic E-state index is 0.0833. The average molecular weight is 228 g/mol. The van der Waals surface area contributed by atoms with Gasteiger partial charge in [0.2, 0.25) is 0 Å². The lowest BCUT2D eigenvalue weighted by atomic mass is 9.75. The number of aliphatic hydroxyl groups excluding tert-OH is 1. The first-order valence-electron chi connectivity index (χ1n) is 6.72. The molecule has 1 nitrogen and oxygen atoms in total. The van der Waals surface area contributed by atoms with Gasteiger partial charge in [0.25, 0.3) is 0 Å². The molecule has 0 heterocycles. The summed E-state index contributed by atoms with van der Waals surface area (Å²) < 4.78 is 0. The Bertz CT molecular complexity index is 161. The Morgan fingerprint density at radius 1 is 1.31 bits per heavy atom. The molecule has 0 spiro atoms. The quantitative estimate of drug-likeness (QED) is 0.682. The standard InChI is InChI=1S/C10H20.C3H6O.C2H6/c1-5-9-7-6-8(2)10(9,3)4;1-2-3-4;1-2/h8-9H,5-7H2,1-4H3;2,4H,1,3H2;1-2H3. The summed E-state index contributed by atoms with van der Waals surface area (Å²) >= 11 is 0. The average Bonchev–Trinajstić information content (AvgIpc) is 2.57. The van der Waals surface area contributed by atoms with Crippen LogP contribution in [0.3, 0.4) is 0 Å². The molecule has 0 bridgehead atoms. The first kappa shape index (κ1) is 18.1. The van der Waals surface area contributed by atoms with E-state index in [0.29, 0.717) is 5.41 Å². The van der Waals surface area contributed by atoms with Crippen molar-refractivity contribution in [3.63, 3.8) is 0 Å². The molecule has 1 rings (SSSR count). The Morgan fingerprint density at radius 3 is 1.88 bits per heavy atom. The van der Waals surface area contributed by atoms with Crippen LogP contribution in [0.5, 0.6) is 0 Å². The van der Waals surface area contributed by atoms with Crippen LogP contribution in [0.15, 0.2) is 12.7 Å². The Balaban J connectivity index is 0. The first-order valence-corrected chi connectivity index (χ1v) is 6.72. The molecule has 0 radical (unpaired) electrons. The van der Waals surface area contributed by atoms with E-state index < -0.39 is 0 Å². The molecule has 0 aromatic rings. The van der Waals surface area contributed by atoms with Crippen LogP contribution in [0.25, 0.3) is 0 Å². The van der Waals surface area contributed by atoms with E-state index in [1.807, 2.05) is 13.8 Å². The molecule has 1 aliphatic carbocycles. The molecule has 2 unspecified atom stereocenters. The van der Waals surface area contributed by atoms with Gasteiger partial charge in [-0.1, -0.05) is 54.0 Å². The number of hydrogen-bond donors (Lipinski definition) is 1. The smallest absolute Gasteiger partial charge is 0.0609 e. The lowest BCUT2D eigenvalue weighted by Gasteiger charge is -2.30. The highest BCUT2D eigenvalue weighted by Gasteiger charge is 2.38. The van der Waals surface area contributed by atoms with Gasteiger partial charge in [0.05, 0.1) is 6.61 Å². The highest BCUT2D eigenvalue weighted by molar-refractivity contribution is 4.88. The molecule has 1 saturated carbocycles. The van der Waals surface area contributed by atoms with Crippen molar-refractivity contribution >= 4 is 0 Å². The maximum atomic E-state index is 7.76. The summed E-state index contributed by atoms with van der Waals surface area (Å²) in [5.74, 6) is 1.93. The van der Waals surface area contributed by atoms with Gasteiger partial charge in [0.15, 0.2) is 0 Å². The van der Waals surface area contributed by atoms with Crippen molar-refractivity contribution in [1.29, 1.82) is 0 Å². The molecule has 1 aliphatic rings. The molecule has 2 atom stereocenters. The summed E-state index contributed by atoms with van der Waals surface area (Å²) in [4.78, 5) is 0. The first-order chi connectivity index (χ1) is 7.50. The zero-order chi connectivity index (χ0) is 13.2. The Labute approximate surface area is 103 Å². The van der Waals surface area contributed by atoms with Crippen LogP contribution >= 0.6 is 0 Å². The Hall–Kier alpha value is -0.300. The highest BCUT2D eigenvalue weighted by atomic mass is 16.2. The van der Waals surface area contributed by atoms with Gasteiger partial charge < -0.3 is 5.11 Å². The minimum atomic E-state index is 0.0833. The predicted molar refractivity (Wildman–Crippen MR) is 74.6 cm³/mol. The fraction of sp³-hybridized carbons (Fsp3) is 0.867. The van der Waals surface area contributed by atoms with Crippen molar-refractivity contribution in [2.45, 2.75) is 60.8 Å². The molecule has 0 aliphatic heterocycles. The van der Waals surface area contributed by atoms with Gasteiger partial charge in [-0.15, -0.1) is 6.58 Å². The largest absolute Gasteiger partial charge is 0.392 e. The second-order valence-electron chi connectivity index (χ2n) is 4.88. The van der Waals surface area contributed by atoms with Gasteiger partial charge in [-0.3, -0.25) is 0 Å². The van der Waals surface area contributed by atoms with Crippen LogP contribution in [0, 0.1) is 17.3 Å².